The Morgan fingerprint density at radius 2 is 2.20 bits per heavy atom. The van der Waals surface area contributed by atoms with Crippen molar-refractivity contribution in [2.24, 2.45) is 11.5 Å². The summed E-state index contributed by atoms with van der Waals surface area (Å²) in [7, 11) is 0. The Labute approximate surface area is 86.2 Å². The van der Waals surface area contributed by atoms with Gasteiger partial charge in [-0.25, -0.2) is 0 Å². The predicted molar refractivity (Wildman–Crippen MR) is 51.6 cm³/mol. The number of hydrogen-bond donors (Lipinski definition) is 2. The van der Waals surface area contributed by atoms with Crippen LogP contribution in [-0.4, -0.2) is 23.4 Å². The van der Waals surface area contributed by atoms with Gasteiger partial charge in [-0.05, 0) is 12.1 Å². The van der Waals surface area contributed by atoms with Gasteiger partial charge in [-0.3, -0.25) is 14.6 Å². The maximum absolute atomic E-state index is 10.8. The molecule has 0 fully saturated rings. The smallest absolute Gasteiger partial charge is 0.320 e. The van der Waals surface area contributed by atoms with Crippen molar-refractivity contribution in [1.82, 2.24) is 4.98 Å². The third-order valence-corrected chi connectivity index (χ3v) is 1.65. The highest BCUT2D eigenvalue weighted by Gasteiger charge is 2.04. The van der Waals surface area contributed by atoms with Crippen LogP contribution in [0.5, 0.6) is 0 Å². The quantitative estimate of drug-likeness (QED) is 0.630. The van der Waals surface area contributed by atoms with Crippen molar-refractivity contribution in [2.45, 2.75) is 6.61 Å². The zero-order valence-corrected chi connectivity index (χ0v) is 7.97. The van der Waals surface area contributed by atoms with Gasteiger partial charge in [0.2, 0.25) is 5.91 Å². The van der Waals surface area contributed by atoms with Crippen LogP contribution >= 0.6 is 0 Å². The van der Waals surface area contributed by atoms with Crippen LogP contribution in [0.4, 0.5) is 0 Å². The van der Waals surface area contributed by atoms with Gasteiger partial charge in [0.15, 0.2) is 0 Å². The summed E-state index contributed by atoms with van der Waals surface area (Å²) in [5.74, 6) is -1.08. The van der Waals surface area contributed by atoms with Crippen LogP contribution in [0.1, 0.15) is 16.1 Å². The molecule has 6 heteroatoms. The predicted octanol–water partition coefficient (Wildman–Crippen LogP) is -0.818. The van der Waals surface area contributed by atoms with E-state index in [0.29, 0.717) is 11.3 Å². The minimum atomic E-state index is -0.552. The van der Waals surface area contributed by atoms with Crippen LogP contribution in [0.3, 0.4) is 0 Å². The highest BCUT2D eigenvalue weighted by Crippen LogP contribution is 2.02. The van der Waals surface area contributed by atoms with E-state index in [4.69, 9.17) is 16.2 Å². The van der Waals surface area contributed by atoms with Crippen LogP contribution in [-0.2, 0) is 16.1 Å². The third kappa shape index (κ3) is 3.35. The Bertz CT molecular complexity index is 379. The summed E-state index contributed by atoms with van der Waals surface area (Å²) >= 11 is 0. The number of hydrogen-bond acceptors (Lipinski definition) is 5. The van der Waals surface area contributed by atoms with Crippen LogP contribution < -0.4 is 11.5 Å². The van der Waals surface area contributed by atoms with E-state index in [1.54, 1.807) is 0 Å². The third-order valence-electron chi connectivity index (χ3n) is 1.65. The molecule has 0 bridgehead atoms. The molecule has 0 aromatic carbocycles. The van der Waals surface area contributed by atoms with Crippen LogP contribution in [0, 0.1) is 0 Å². The van der Waals surface area contributed by atoms with Crippen molar-refractivity contribution in [3.8, 4) is 0 Å². The summed E-state index contributed by atoms with van der Waals surface area (Å²) < 4.78 is 4.73. The highest BCUT2D eigenvalue weighted by atomic mass is 16.5. The fourth-order valence-electron chi connectivity index (χ4n) is 0.924. The first-order valence-electron chi connectivity index (χ1n) is 4.24. The molecule has 80 valence electrons. The molecule has 0 radical (unpaired) electrons. The van der Waals surface area contributed by atoms with Crippen molar-refractivity contribution < 1.29 is 14.3 Å². The molecule has 0 aliphatic heterocycles. The molecule has 1 aromatic rings. The Morgan fingerprint density at radius 1 is 1.47 bits per heavy atom. The summed E-state index contributed by atoms with van der Waals surface area (Å²) in [5.41, 5.74) is 10.9. The summed E-state index contributed by atoms with van der Waals surface area (Å²) in [4.78, 5) is 25.5. The Balaban J connectivity index is 2.66. The lowest BCUT2D eigenvalue weighted by atomic mass is 10.2. The molecule has 6 nitrogen and oxygen atoms in total. The topological polar surface area (TPSA) is 108 Å². The maximum atomic E-state index is 10.8. The number of ether oxygens (including phenoxy) is 1. The number of pyridine rings is 1. The normalized spacial score (nSPS) is 9.67. The molecule has 0 saturated carbocycles. The summed E-state index contributed by atoms with van der Waals surface area (Å²) in [5, 5.41) is 0. The van der Waals surface area contributed by atoms with Crippen LogP contribution in [0.15, 0.2) is 18.3 Å². The average molecular weight is 209 g/mol. The molecule has 4 N–H and O–H groups in total. The van der Waals surface area contributed by atoms with Crippen LogP contribution in [0.2, 0.25) is 0 Å². The lowest BCUT2D eigenvalue weighted by molar-refractivity contribution is -0.143. The standard InChI is InChI=1S/C9H11N3O3/c10-4-8(13)15-5-7-3-6(9(11)14)1-2-12-7/h1-3H,4-5,10H2,(H2,11,14). The van der Waals surface area contributed by atoms with Crippen molar-refractivity contribution in [3.05, 3.63) is 29.6 Å². The number of amides is 1. The summed E-state index contributed by atoms with van der Waals surface area (Å²) in [6.07, 6.45) is 1.42. The van der Waals surface area contributed by atoms with E-state index in [-0.39, 0.29) is 13.2 Å². The Morgan fingerprint density at radius 3 is 2.80 bits per heavy atom. The summed E-state index contributed by atoms with van der Waals surface area (Å²) in [6, 6.07) is 2.95. The molecule has 15 heavy (non-hydrogen) atoms. The SMILES string of the molecule is NCC(=O)OCc1cc(C(N)=O)ccn1. The highest BCUT2D eigenvalue weighted by molar-refractivity contribution is 5.92. The summed E-state index contributed by atoms with van der Waals surface area (Å²) in [6.45, 7) is -0.202. The van der Waals surface area contributed by atoms with E-state index in [0.717, 1.165) is 0 Å². The van der Waals surface area contributed by atoms with Gasteiger partial charge >= 0.3 is 5.97 Å². The molecule has 0 aliphatic carbocycles. The minimum absolute atomic E-state index is 0.0167. The molecule has 1 amide bonds. The molecule has 1 heterocycles. The number of esters is 1. The molecular weight excluding hydrogens is 198 g/mol. The number of aromatic nitrogens is 1. The van der Waals surface area contributed by atoms with Crippen molar-refractivity contribution in [2.75, 3.05) is 6.54 Å². The first kappa shape index (κ1) is 11.1. The minimum Gasteiger partial charge on any atom is -0.458 e. The second-order valence-corrected chi connectivity index (χ2v) is 2.76. The molecule has 0 saturated heterocycles. The molecular formula is C9H11N3O3. The van der Waals surface area contributed by atoms with E-state index in [1.165, 1.54) is 18.3 Å². The van der Waals surface area contributed by atoms with Gasteiger partial charge in [-0.2, -0.15) is 0 Å². The van der Waals surface area contributed by atoms with Crippen molar-refractivity contribution in [3.63, 3.8) is 0 Å². The first-order valence-corrected chi connectivity index (χ1v) is 4.24. The lowest BCUT2D eigenvalue weighted by Gasteiger charge is -2.03. The molecule has 0 atom stereocenters. The van der Waals surface area contributed by atoms with Gasteiger partial charge in [-0.15, -0.1) is 0 Å². The number of carbonyl (C=O) groups is 2. The number of nitrogens with two attached hydrogens (primary N) is 2. The van der Waals surface area contributed by atoms with Gasteiger partial charge in [0.05, 0.1) is 12.2 Å². The fraction of sp³-hybridized carbons (Fsp3) is 0.222. The second-order valence-electron chi connectivity index (χ2n) is 2.76. The molecule has 0 aliphatic rings. The number of carbonyl (C=O) groups excluding carboxylic acids is 2. The van der Waals surface area contributed by atoms with Gasteiger partial charge in [0, 0.05) is 11.8 Å². The zero-order valence-electron chi connectivity index (χ0n) is 7.97. The Hall–Kier alpha value is -1.95. The molecule has 1 aromatic heterocycles. The van der Waals surface area contributed by atoms with E-state index >= 15 is 0 Å². The monoisotopic (exact) mass is 209 g/mol. The molecule has 1 rings (SSSR count). The van der Waals surface area contributed by atoms with Crippen LogP contribution in [0.25, 0.3) is 0 Å². The molecule has 0 unspecified atom stereocenters. The zero-order chi connectivity index (χ0) is 11.3. The van der Waals surface area contributed by atoms with E-state index in [1.807, 2.05) is 0 Å². The number of primary amides is 1. The lowest BCUT2D eigenvalue weighted by Crippen LogP contribution is -2.17. The number of rotatable bonds is 4. The fourth-order valence-corrected chi connectivity index (χ4v) is 0.924. The van der Waals surface area contributed by atoms with E-state index < -0.39 is 11.9 Å². The largest absolute Gasteiger partial charge is 0.458 e. The average Bonchev–Trinajstić information content (AvgIpc) is 2.26. The second kappa shape index (κ2) is 5.06. The van der Waals surface area contributed by atoms with Gasteiger partial charge in [-0.1, -0.05) is 0 Å². The van der Waals surface area contributed by atoms with E-state index in [9.17, 15) is 9.59 Å². The van der Waals surface area contributed by atoms with Gasteiger partial charge in [0.1, 0.15) is 6.61 Å². The van der Waals surface area contributed by atoms with Gasteiger partial charge < -0.3 is 16.2 Å². The van der Waals surface area contributed by atoms with Gasteiger partial charge in [0.25, 0.3) is 0 Å². The van der Waals surface area contributed by atoms with Crippen molar-refractivity contribution >= 4 is 11.9 Å². The first-order chi connectivity index (χ1) is 7.13. The van der Waals surface area contributed by atoms with Crippen molar-refractivity contribution in [1.29, 1.82) is 0 Å². The maximum Gasteiger partial charge on any atom is 0.320 e. The Kier molecular flexibility index (Phi) is 3.75. The molecule has 0 spiro atoms. The number of nitrogens with zero attached hydrogens (tertiary/aromatic N) is 1. The van der Waals surface area contributed by atoms with E-state index in [2.05, 4.69) is 4.98 Å².